The fraction of sp³-hybridized carbons (Fsp3) is 0.467. The number of carbonyl (C=O) groups is 2. The maximum atomic E-state index is 11.8. The number of morpholine rings is 1. The molecule has 1 heterocycles. The van der Waals surface area contributed by atoms with Gasteiger partial charge in [-0.25, -0.2) is 0 Å². The van der Waals surface area contributed by atoms with Crippen LogP contribution in [0.5, 0.6) is 0 Å². The number of hydrogen-bond acceptors (Lipinski definition) is 4. The van der Waals surface area contributed by atoms with Gasteiger partial charge in [0.15, 0.2) is 0 Å². The topological polar surface area (TPSA) is 79.5 Å². The smallest absolute Gasteiger partial charge is 0.251 e. The Balaban J connectivity index is 1.61. The van der Waals surface area contributed by atoms with Crippen LogP contribution < -0.4 is 16.0 Å². The van der Waals surface area contributed by atoms with Crippen LogP contribution in [0.1, 0.15) is 16.8 Å². The van der Waals surface area contributed by atoms with Gasteiger partial charge in [0.2, 0.25) is 5.91 Å². The van der Waals surface area contributed by atoms with E-state index in [4.69, 9.17) is 16.3 Å². The maximum Gasteiger partial charge on any atom is 0.251 e. The number of nitrogens with one attached hydrogen (secondary N) is 3. The Labute approximate surface area is 134 Å². The Morgan fingerprint density at radius 2 is 1.95 bits per heavy atom. The minimum Gasteiger partial charge on any atom is -0.378 e. The zero-order valence-corrected chi connectivity index (χ0v) is 13.0. The molecule has 0 spiro atoms. The van der Waals surface area contributed by atoms with Crippen molar-refractivity contribution in [2.75, 3.05) is 32.8 Å². The summed E-state index contributed by atoms with van der Waals surface area (Å²) in [5, 5.41) is 9.32. The Hall–Kier alpha value is -1.63. The van der Waals surface area contributed by atoms with Crippen molar-refractivity contribution in [3.05, 3.63) is 34.9 Å². The van der Waals surface area contributed by atoms with E-state index in [-0.39, 0.29) is 17.9 Å². The molecule has 1 saturated heterocycles. The van der Waals surface area contributed by atoms with Crippen molar-refractivity contribution in [2.45, 2.75) is 12.5 Å². The molecule has 0 aliphatic carbocycles. The fourth-order valence-electron chi connectivity index (χ4n) is 2.13. The number of ether oxygens (including phenoxy) is 1. The summed E-state index contributed by atoms with van der Waals surface area (Å²) < 4.78 is 5.29. The number of benzene rings is 1. The van der Waals surface area contributed by atoms with E-state index in [1.54, 1.807) is 24.3 Å². The first-order valence-corrected chi connectivity index (χ1v) is 7.64. The molecule has 0 radical (unpaired) electrons. The fourth-order valence-corrected chi connectivity index (χ4v) is 2.25. The van der Waals surface area contributed by atoms with E-state index in [0.29, 0.717) is 43.3 Å². The summed E-state index contributed by atoms with van der Waals surface area (Å²) in [6, 6.07) is 6.71. The summed E-state index contributed by atoms with van der Waals surface area (Å²) in [7, 11) is 0. The Bertz CT molecular complexity index is 501. The monoisotopic (exact) mass is 325 g/mol. The molecule has 22 heavy (non-hydrogen) atoms. The van der Waals surface area contributed by atoms with Crippen LogP contribution in [0, 0.1) is 0 Å². The van der Waals surface area contributed by atoms with E-state index in [2.05, 4.69) is 16.0 Å². The lowest BCUT2D eigenvalue weighted by atomic mass is 10.2. The average Bonchev–Trinajstić information content (AvgIpc) is 2.53. The second-order valence-electron chi connectivity index (χ2n) is 5.04. The van der Waals surface area contributed by atoms with Gasteiger partial charge in [0.1, 0.15) is 0 Å². The minimum atomic E-state index is -0.187. The maximum absolute atomic E-state index is 11.8. The molecule has 6 nitrogen and oxygen atoms in total. The summed E-state index contributed by atoms with van der Waals surface area (Å²) in [5.74, 6) is -0.239. The van der Waals surface area contributed by atoms with E-state index in [1.807, 2.05) is 0 Å². The van der Waals surface area contributed by atoms with Crippen molar-refractivity contribution < 1.29 is 14.3 Å². The van der Waals surface area contributed by atoms with Gasteiger partial charge < -0.3 is 20.7 Å². The third kappa shape index (κ3) is 5.63. The van der Waals surface area contributed by atoms with Crippen molar-refractivity contribution in [2.24, 2.45) is 0 Å². The first-order valence-electron chi connectivity index (χ1n) is 7.27. The highest BCUT2D eigenvalue weighted by molar-refractivity contribution is 6.30. The molecule has 7 heteroatoms. The third-order valence-electron chi connectivity index (χ3n) is 3.27. The van der Waals surface area contributed by atoms with Gasteiger partial charge >= 0.3 is 0 Å². The van der Waals surface area contributed by atoms with Crippen molar-refractivity contribution in [3.8, 4) is 0 Å². The number of halogens is 1. The number of amides is 2. The lowest BCUT2D eigenvalue weighted by Gasteiger charge is -2.23. The molecule has 2 rings (SSSR count). The summed E-state index contributed by atoms with van der Waals surface area (Å²) in [4.78, 5) is 23.6. The zero-order chi connectivity index (χ0) is 15.8. The van der Waals surface area contributed by atoms with Crippen molar-refractivity contribution in [3.63, 3.8) is 0 Å². The van der Waals surface area contributed by atoms with Crippen LogP contribution in [0.4, 0.5) is 0 Å². The predicted molar refractivity (Wildman–Crippen MR) is 84.0 cm³/mol. The second kappa shape index (κ2) is 8.73. The van der Waals surface area contributed by atoms with Crippen LogP contribution in [0.15, 0.2) is 24.3 Å². The summed E-state index contributed by atoms with van der Waals surface area (Å²) in [6.07, 6.45) is 0.380. The number of hydrogen-bond donors (Lipinski definition) is 3. The molecule has 120 valence electrons. The van der Waals surface area contributed by atoms with Gasteiger partial charge in [0.25, 0.3) is 5.91 Å². The van der Waals surface area contributed by atoms with Gasteiger partial charge in [0, 0.05) is 42.7 Å². The van der Waals surface area contributed by atoms with Crippen LogP contribution in [-0.2, 0) is 9.53 Å². The highest BCUT2D eigenvalue weighted by Crippen LogP contribution is 2.09. The highest BCUT2D eigenvalue weighted by atomic mass is 35.5. The van der Waals surface area contributed by atoms with Gasteiger partial charge in [-0.1, -0.05) is 11.6 Å². The lowest BCUT2D eigenvalue weighted by Crippen LogP contribution is -2.45. The van der Waals surface area contributed by atoms with Crippen LogP contribution in [0.25, 0.3) is 0 Å². The molecule has 0 aromatic heterocycles. The first-order chi connectivity index (χ1) is 10.6. The summed E-state index contributed by atoms with van der Waals surface area (Å²) in [6.45, 7) is 2.79. The Morgan fingerprint density at radius 1 is 1.23 bits per heavy atom. The predicted octanol–water partition coefficient (Wildman–Crippen LogP) is 0.565. The first kappa shape index (κ1) is 16.7. The van der Waals surface area contributed by atoms with Crippen LogP contribution in [0.3, 0.4) is 0 Å². The van der Waals surface area contributed by atoms with Crippen molar-refractivity contribution in [1.82, 2.24) is 16.0 Å². The third-order valence-corrected chi connectivity index (χ3v) is 3.52. The summed E-state index contributed by atoms with van der Waals surface area (Å²) >= 11 is 5.76. The molecule has 0 bridgehead atoms. The second-order valence-corrected chi connectivity index (χ2v) is 5.48. The lowest BCUT2D eigenvalue weighted by molar-refractivity contribution is -0.122. The SMILES string of the molecule is O=C(CC1COCCN1)NCCNC(=O)c1ccc(Cl)cc1. The molecule has 1 atom stereocenters. The largest absolute Gasteiger partial charge is 0.378 e. The molecule has 1 aliphatic heterocycles. The molecule has 1 unspecified atom stereocenters. The van der Waals surface area contributed by atoms with E-state index in [0.717, 1.165) is 6.54 Å². The molecule has 1 aliphatic rings. The number of rotatable bonds is 6. The van der Waals surface area contributed by atoms with Crippen molar-refractivity contribution in [1.29, 1.82) is 0 Å². The van der Waals surface area contributed by atoms with E-state index < -0.39 is 0 Å². The van der Waals surface area contributed by atoms with Crippen LogP contribution in [-0.4, -0.2) is 50.7 Å². The van der Waals surface area contributed by atoms with E-state index in [9.17, 15) is 9.59 Å². The zero-order valence-electron chi connectivity index (χ0n) is 12.2. The normalized spacial score (nSPS) is 17.8. The van der Waals surface area contributed by atoms with E-state index in [1.165, 1.54) is 0 Å². The molecule has 0 saturated carbocycles. The molecule has 3 N–H and O–H groups in total. The molecule has 1 aromatic rings. The van der Waals surface area contributed by atoms with Gasteiger partial charge in [-0.3, -0.25) is 9.59 Å². The number of carbonyl (C=O) groups excluding carboxylic acids is 2. The molecular weight excluding hydrogens is 306 g/mol. The van der Waals surface area contributed by atoms with Crippen molar-refractivity contribution >= 4 is 23.4 Å². The van der Waals surface area contributed by atoms with E-state index >= 15 is 0 Å². The summed E-state index contributed by atoms with van der Waals surface area (Å²) in [5.41, 5.74) is 0.541. The average molecular weight is 326 g/mol. The van der Waals surface area contributed by atoms with Gasteiger partial charge in [-0.05, 0) is 24.3 Å². The molecule has 2 amide bonds. The molecule has 1 aromatic carbocycles. The Morgan fingerprint density at radius 3 is 2.64 bits per heavy atom. The molecule has 1 fully saturated rings. The van der Waals surface area contributed by atoms with Gasteiger partial charge in [-0.15, -0.1) is 0 Å². The molecular formula is C15H20ClN3O3. The Kier molecular flexibility index (Phi) is 6.64. The minimum absolute atomic E-state index is 0.0521. The van der Waals surface area contributed by atoms with Gasteiger partial charge in [0.05, 0.1) is 13.2 Å². The van der Waals surface area contributed by atoms with Crippen LogP contribution >= 0.6 is 11.6 Å². The van der Waals surface area contributed by atoms with Crippen LogP contribution in [0.2, 0.25) is 5.02 Å². The van der Waals surface area contributed by atoms with Gasteiger partial charge in [-0.2, -0.15) is 0 Å². The quantitative estimate of drug-likeness (QED) is 0.668. The highest BCUT2D eigenvalue weighted by Gasteiger charge is 2.16. The standard InChI is InChI=1S/C15H20ClN3O3/c16-12-3-1-11(2-4-12)15(21)19-6-5-18-14(20)9-13-10-22-8-7-17-13/h1-4,13,17H,5-10H2,(H,18,20)(H,19,21).